The van der Waals surface area contributed by atoms with E-state index < -0.39 is 17.9 Å². The van der Waals surface area contributed by atoms with Crippen LogP contribution < -0.4 is 10.6 Å². The molecule has 0 unspecified atom stereocenters. The normalized spacial score (nSPS) is 10.4. The molecule has 4 nitrogen and oxygen atoms in total. The number of amides is 2. The van der Waals surface area contributed by atoms with Gasteiger partial charge in [-0.05, 0) is 29.3 Å². The van der Waals surface area contributed by atoms with Crippen LogP contribution in [-0.4, -0.2) is 11.8 Å². The molecule has 0 saturated heterocycles. The van der Waals surface area contributed by atoms with Crippen LogP contribution in [0, 0.1) is 0 Å². The van der Waals surface area contributed by atoms with Crippen molar-refractivity contribution < 1.29 is 9.59 Å². The lowest BCUT2D eigenvalue weighted by atomic mass is 9.99. The molecule has 0 atom stereocenters. The van der Waals surface area contributed by atoms with Gasteiger partial charge in [0.15, 0.2) is 0 Å². The van der Waals surface area contributed by atoms with E-state index in [4.69, 9.17) is 11.6 Å². The molecule has 0 fully saturated rings. The fourth-order valence-corrected chi connectivity index (χ4v) is 2.79. The van der Waals surface area contributed by atoms with Crippen LogP contribution in [0.5, 0.6) is 0 Å². The van der Waals surface area contributed by atoms with E-state index in [1.54, 1.807) is 24.3 Å². The third-order valence-electron chi connectivity index (χ3n) is 3.83. The van der Waals surface area contributed by atoms with Gasteiger partial charge in [-0.3, -0.25) is 9.59 Å². The average molecular weight is 365 g/mol. The fourth-order valence-electron chi connectivity index (χ4n) is 2.60. The van der Waals surface area contributed by atoms with E-state index in [-0.39, 0.29) is 0 Å². The highest BCUT2D eigenvalue weighted by molar-refractivity contribution is 6.40. The quantitative estimate of drug-likeness (QED) is 0.682. The summed E-state index contributed by atoms with van der Waals surface area (Å²) >= 11 is 5.90. The molecule has 3 aromatic rings. The number of anilines is 1. The zero-order chi connectivity index (χ0) is 18.4. The molecule has 0 bridgehead atoms. The third-order valence-corrected chi connectivity index (χ3v) is 4.07. The van der Waals surface area contributed by atoms with Gasteiger partial charge in [-0.1, -0.05) is 78.3 Å². The van der Waals surface area contributed by atoms with Gasteiger partial charge in [0.25, 0.3) is 0 Å². The van der Waals surface area contributed by atoms with E-state index >= 15 is 0 Å². The zero-order valence-electron chi connectivity index (χ0n) is 13.9. The summed E-state index contributed by atoms with van der Waals surface area (Å²) in [5.41, 5.74) is 2.25. The predicted molar refractivity (Wildman–Crippen MR) is 103 cm³/mol. The summed E-state index contributed by atoms with van der Waals surface area (Å²) in [6.07, 6.45) is 0. The van der Waals surface area contributed by atoms with E-state index in [9.17, 15) is 9.59 Å². The number of nitrogens with one attached hydrogen (secondary N) is 2. The van der Waals surface area contributed by atoms with Gasteiger partial charge >= 0.3 is 11.8 Å². The van der Waals surface area contributed by atoms with Gasteiger partial charge in [0.1, 0.15) is 0 Å². The van der Waals surface area contributed by atoms with Gasteiger partial charge in [-0.25, -0.2) is 0 Å². The smallest absolute Gasteiger partial charge is 0.313 e. The van der Waals surface area contributed by atoms with Crippen molar-refractivity contribution in [1.29, 1.82) is 0 Å². The maximum absolute atomic E-state index is 12.4. The van der Waals surface area contributed by atoms with Crippen LogP contribution >= 0.6 is 11.6 Å². The van der Waals surface area contributed by atoms with Gasteiger partial charge in [0.05, 0.1) is 6.04 Å². The van der Waals surface area contributed by atoms with Crippen molar-refractivity contribution in [3.05, 3.63) is 101 Å². The van der Waals surface area contributed by atoms with Crippen LogP contribution in [0.25, 0.3) is 0 Å². The largest absolute Gasteiger partial charge is 0.337 e. The molecule has 2 amide bonds. The molecule has 0 heterocycles. The van der Waals surface area contributed by atoms with E-state index in [1.807, 2.05) is 60.7 Å². The lowest BCUT2D eigenvalue weighted by molar-refractivity contribution is -0.136. The van der Waals surface area contributed by atoms with Crippen molar-refractivity contribution in [3.63, 3.8) is 0 Å². The number of hydrogen-bond acceptors (Lipinski definition) is 2. The second-order valence-corrected chi connectivity index (χ2v) is 6.13. The first-order valence-corrected chi connectivity index (χ1v) is 8.48. The van der Waals surface area contributed by atoms with Gasteiger partial charge in [0, 0.05) is 10.7 Å². The minimum absolute atomic E-state index is 0.421. The van der Waals surface area contributed by atoms with E-state index in [0.29, 0.717) is 10.7 Å². The Hall–Kier alpha value is -3.11. The van der Waals surface area contributed by atoms with Crippen molar-refractivity contribution >= 4 is 29.1 Å². The molecule has 26 heavy (non-hydrogen) atoms. The maximum Gasteiger partial charge on any atom is 0.313 e. The molecule has 0 radical (unpaired) electrons. The lowest BCUT2D eigenvalue weighted by Crippen LogP contribution is -2.38. The summed E-state index contributed by atoms with van der Waals surface area (Å²) in [6.45, 7) is 0. The van der Waals surface area contributed by atoms with Crippen molar-refractivity contribution in [3.8, 4) is 0 Å². The molecule has 0 aliphatic heterocycles. The summed E-state index contributed by atoms with van der Waals surface area (Å²) in [6, 6.07) is 25.2. The predicted octanol–water partition coefficient (Wildman–Crippen LogP) is 4.18. The molecule has 5 heteroatoms. The Bertz CT molecular complexity index is 859. The first-order valence-electron chi connectivity index (χ1n) is 8.11. The van der Waals surface area contributed by atoms with Crippen LogP contribution in [0.15, 0.2) is 84.9 Å². The van der Waals surface area contributed by atoms with E-state index in [1.165, 1.54) is 0 Å². The number of carbonyl (C=O) groups is 2. The highest BCUT2D eigenvalue weighted by Gasteiger charge is 2.21. The molecule has 0 spiro atoms. The van der Waals surface area contributed by atoms with Crippen LogP contribution in [0.4, 0.5) is 5.69 Å². The second-order valence-electron chi connectivity index (χ2n) is 5.69. The summed E-state index contributed by atoms with van der Waals surface area (Å²) in [4.78, 5) is 24.7. The van der Waals surface area contributed by atoms with Gasteiger partial charge in [-0.15, -0.1) is 0 Å². The van der Waals surface area contributed by atoms with Crippen LogP contribution in [-0.2, 0) is 9.59 Å². The molecule has 130 valence electrons. The third kappa shape index (κ3) is 4.49. The van der Waals surface area contributed by atoms with Crippen LogP contribution in [0.3, 0.4) is 0 Å². The van der Waals surface area contributed by atoms with Gasteiger partial charge in [-0.2, -0.15) is 0 Å². The van der Waals surface area contributed by atoms with Crippen molar-refractivity contribution in [1.82, 2.24) is 5.32 Å². The zero-order valence-corrected chi connectivity index (χ0v) is 14.6. The number of hydrogen-bond donors (Lipinski definition) is 2. The molecule has 0 saturated carbocycles. The monoisotopic (exact) mass is 364 g/mol. The Balaban J connectivity index is 1.78. The second kappa shape index (κ2) is 8.32. The van der Waals surface area contributed by atoms with Crippen molar-refractivity contribution in [2.75, 3.05) is 5.32 Å². The van der Waals surface area contributed by atoms with Crippen molar-refractivity contribution in [2.24, 2.45) is 0 Å². The minimum Gasteiger partial charge on any atom is -0.337 e. The Kier molecular flexibility index (Phi) is 5.66. The van der Waals surface area contributed by atoms with Crippen molar-refractivity contribution in [2.45, 2.75) is 6.04 Å². The number of benzene rings is 3. The Labute approximate surface area is 156 Å². The summed E-state index contributed by atoms with van der Waals surface area (Å²) in [7, 11) is 0. The average Bonchev–Trinajstić information content (AvgIpc) is 2.67. The van der Waals surface area contributed by atoms with Crippen LogP contribution in [0.1, 0.15) is 17.2 Å². The maximum atomic E-state index is 12.4. The molecule has 0 aromatic heterocycles. The summed E-state index contributed by atoms with van der Waals surface area (Å²) < 4.78 is 0. The lowest BCUT2D eigenvalue weighted by Gasteiger charge is -2.19. The van der Waals surface area contributed by atoms with E-state index in [2.05, 4.69) is 10.6 Å². The molecular formula is C21H17ClN2O2. The molecule has 0 aliphatic rings. The first-order chi connectivity index (χ1) is 12.6. The molecular weight excluding hydrogens is 348 g/mol. The summed E-state index contributed by atoms with van der Waals surface area (Å²) in [5.74, 6) is -1.47. The topological polar surface area (TPSA) is 58.2 Å². The van der Waals surface area contributed by atoms with Crippen LogP contribution in [0.2, 0.25) is 5.02 Å². The Morgan fingerprint density at radius 2 is 1.31 bits per heavy atom. The minimum atomic E-state index is -0.746. The Morgan fingerprint density at radius 3 is 1.85 bits per heavy atom. The fraction of sp³-hybridized carbons (Fsp3) is 0.0476. The SMILES string of the molecule is O=C(Nc1cccc(Cl)c1)C(=O)NC(c1ccccc1)c1ccccc1. The highest BCUT2D eigenvalue weighted by atomic mass is 35.5. The molecule has 3 aromatic carbocycles. The highest BCUT2D eigenvalue weighted by Crippen LogP contribution is 2.22. The Morgan fingerprint density at radius 1 is 0.731 bits per heavy atom. The first kappa shape index (κ1) is 17.7. The standard InChI is InChI=1S/C21H17ClN2O2/c22-17-12-7-13-18(14-17)23-20(25)21(26)24-19(15-8-3-1-4-9-15)16-10-5-2-6-11-16/h1-14,19H,(H,23,25)(H,24,26). The summed E-state index contributed by atoms with van der Waals surface area (Å²) in [5, 5.41) is 5.84. The van der Waals surface area contributed by atoms with Gasteiger partial charge < -0.3 is 10.6 Å². The molecule has 2 N–H and O–H groups in total. The number of carbonyl (C=O) groups excluding carboxylic acids is 2. The van der Waals surface area contributed by atoms with E-state index in [0.717, 1.165) is 11.1 Å². The molecule has 3 rings (SSSR count). The van der Waals surface area contributed by atoms with Gasteiger partial charge in [0.2, 0.25) is 0 Å². The number of halogens is 1. The molecule has 0 aliphatic carbocycles. The number of rotatable bonds is 4.